The summed E-state index contributed by atoms with van der Waals surface area (Å²) in [7, 11) is 0. The number of ether oxygens (including phenoxy) is 1. The number of benzene rings is 3. The Balaban J connectivity index is 1.19. The number of aliphatic hydroxyl groups is 1. The number of aromatic nitrogens is 4. The van der Waals surface area contributed by atoms with Crippen LogP contribution in [0.4, 0.5) is 0 Å². The minimum absolute atomic E-state index is 0.0949. The van der Waals surface area contributed by atoms with Crippen LogP contribution in [0.3, 0.4) is 0 Å². The van der Waals surface area contributed by atoms with E-state index >= 15 is 0 Å². The van der Waals surface area contributed by atoms with Crippen LogP contribution in [0.5, 0.6) is 5.75 Å². The zero-order chi connectivity index (χ0) is 22.8. The molecule has 6 nitrogen and oxygen atoms in total. The van der Waals surface area contributed by atoms with E-state index in [2.05, 4.69) is 65.4 Å². The Morgan fingerprint density at radius 3 is 2.45 bits per heavy atom. The molecule has 0 aliphatic heterocycles. The van der Waals surface area contributed by atoms with E-state index in [1.165, 1.54) is 22.9 Å². The van der Waals surface area contributed by atoms with Crippen LogP contribution in [0.15, 0.2) is 84.0 Å². The average molecular weight is 459 g/mol. The fourth-order valence-corrected chi connectivity index (χ4v) is 4.80. The molecule has 7 heteroatoms. The summed E-state index contributed by atoms with van der Waals surface area (Å²) in [6.45, 7) is 4.65. The van der Waals surface area contributed by atoms with E-state index in [0.717, 1.165) is 21.9 Å². The topological polar surface area (TPSA) is 75.4 Å². The monoisotopic (exact) mass is 458 g/mol. The molecule has 0 saturated heterocycles. The van der Waals surface area contributed by atoms with Gasteiger partial charge in [0.2, 0.25) is 5.78 Å². The van der Waals surface area contributed by atoms with Gasteiger partial charge in [-0.15, -0.1) is 5.10 Å². The Morgan fingerprint density at radius 2 is 1.67 bits per heavy atom. The summed E-state index contributed by atoms with van der Waals surface area (Å²) in [6, 6.07) is 26.5. The molecule has 0 radical (unpaired) electrons. The molecule has 0 aliphatic carbocycles. The predicted molar refractivity (Wildman–Crippen MR) is 132 cm³/mol. The van der Waals surface area contributed by atoms with Gasteiger partial charge in [0.1, 0.15) is 12.4 Å². The first kappa shape index (κ1) is 21.6. The van der Waals surface area contributed by atoms with Crippen molar-refractivity contribution in [3.05, 3.63) is 90.0 Å². The molecule has 3 aromatic carbocycles. The Hall–Kier alpha value is -3.29. The standard InChI is InChI=1S/C26H26N4O2S/c1-26(2,18-8-4-3-5-9-18)19-12-14-21(15-13-19)32-16-20(31)17-33-25-29-28-24-27-22-10-6-7-11-23(22)30(24)25/h3-15,20,31H,16-17H2,1-2H3,(H,27,28). The number of H-pyrrole nitrogens is 1. The number of rotatable bonds is 8. The number of para-hydroxylation sites is 2. The lowest BCUT2D eigenvalue weighted by molar-refractivity contribution is 0.126. The summed E-state index contributed by atoms with van der Waals surface area (Å²) in [6.07, 6.45) is -0.628. The predicted octanol–water partition coefficient (Wildman–Crippen LogP) is 5.07. The summed E-state index contributed by atoms with van der Waals surface area (Å²) in [5, 5.41) is 18.5. The van der Waals surface area contributed by atoms with Crippen LogP contribution in [0.1, 0.15) is 25.0 Å². The lowest BCUT2D eigenvalue weighted by Crippen LogP contribution is -2.21. The molecule has 0 fully saturated rings. The van der Waals surface area contributed by atoms with Crippen LogP contribution in [0.25, 0.3) is 16.8 Å². The fraction of sp³-hybridized carbons (Fsp3) is 0.231. The molecular formula is C26H26N4O2S. The van der Waals surface area contributed by atoms with E-state index in [1.54, 1.807) is 0 Å². The highest BCUT2D eigenvalue weighted by molar-refractivity contribution is 7.99. The summed E-state index contributed by atoms with van der Waals surface area (Å²) >= 11 is 1.47. The van der Waals surface area contributed by atoms with Gasteiger partial charge in [-0.1, -0.05) is 80.2 Å². The number of thioether (sulfide) groups is 1. The van der Waals surface area contributed by atoms with Crippen LogP contribution in [-0.4, -0.2) is 43.2 Å². The molecule has 0 saturated carbocycles. The number of fused-ring (bicyclic) bond motifs is 3. The molecule has 168 valence electrons. The third kappa shape index (κ3) is 4.34. The summed E-state index contributed by atoms with van der Waals surface area (Å²) < 4.78 is 7.82. The van der Waals surface area contributed by atoms with Gasteiger partial charge in [-0.25, -0.2) is 10.1 Å². The first-order chi connectivity index (χ1) is 16.0. The number of hydrogen-bond donors (Lipinski definition) is 2. The number of imidazole rings is 1. The maximum atomic E-state index is 10.5. The zero-order valence-corrected chi connectivity index (χ0v) is 19.4. The van der Waals surface area contributed by atoms with E-state index in [-0.39, 0.29) is 12.0 Å². The molecule has 5 rings (SSSR count). The van der Waals surface area contributed by atoms with E-state index in [0.29, 0.717) is 11.5 Å². The van der Waals surface area contributed by atoms with Gasteiger partial charge in [0, 0.05) is 11.2 Å². The SMILES string of the molecule is CC(C)(c1ccccc1)c1ccc(OCC(O)CSc2n[nH]c3nc4ccccc4n23)cc1. The fourth-order valence-electron chi connectivity index (χ4n) is 3.94. The molecule has 0 aliphatic rings. The molecule has 33 heavy (non-hydrogen) atoms. The lowest BCUT2D eigenvalue weighted by Gasteiger charge is -2.26. The van der Waals surface area contributed by atoms with Gasteiger partial charge in [-0.2, -0.15) is 0 Å². The Kier molecular flexibility index (Phi) is 5.83. The van der Waals surface area contributed by atoms with Gasteiger partial charge in [0.05, 0.1) is 17.1 Å². The number of hydrogen-bond acceptors (Lipinski definition) is 5. The second-order valence-electron chi connectivity index (χ2n) is 8.56. The molecule has 2 N–H and O–H groups in total. The smallest absolute Gasteiger partial charge is 0.231 e. The van der Waals surface area contributed by atoms with Gasteiger partial charge in [0.25, 0.3) is 0 Å². The van der Waals surface area contributed by atoms with Crippen molar-refractivity contribution in [2.45, 2.75) is 30.5 Å². The molecule has 0 spiro atoms. The summed E-state index contributed by atoms with van der Waals surface area (Å²) in [5.74, 6) is 1.91. The van der Waals surface area contributed by atoms with E-state index in [1.807, 2.05) is 46.9 Å². The first-order valence-corrected chi connectivity index (χ1v) is 11.9. The number of aliphatic hydroxyl groups excluding tert-OH is 1. The van der Waals surface area contributed by atoms with Crippen molar-refractivity contribution in [2.24, 2.45) is 0 Å². The molecule has 0 amide bonds. The molecule has 1 unspecified atom stereocenters. The lowest BCUT2D eigenvalue weighted by atomic mass is 9.78. The Morgan fingerprint density at radius 1 is 0.970 bits per heavy atom. The van der Waals surface area contributed by atoms with Gasteiger partial charge in [-0.3, -0.25) is 4.40 Å². The Labute approximate surface area is 196 Å². The van der Waals surface area contributed by atoms with Crippen LogP contribution >= 0.6 is 11.8 Å². The van der Waals surface area contributed by atoms with E-state index in [9.17, 15) is 5.11 Å². The highest BCUT2D eigenvalue weighted by Crippen LogP contribution is 2.32. The minimum atomic E-state index is -0.628. The molecular weight excluding hydrogens is 432 g/mol. The second-order valence-corrected chi connectivity index (χ2v) is 9.54. The highest BCUT2D eigenvalue weighted by Gasteiger charge is 2.22. The van der Waals surface area contributed by atoms with E-state index in [4.69, 9.17) is 4.74 Å². The number of aromatic amines is 1. The third-order valence-electron chi connectivity index (χ3n) is 5.92. The van der Waals surface area contributed by atoms with Crippen molar-refractivity contribution in [1.29, 1.82) is 0 Å². The third-order valence-corrected chi connectivity index (χ3v) is 7.01. The van der Waals surface area contributed by atoms with E-state index < -0.39 is 6.10 Å². The van der Waals surface area contributed by atoms with Crippen molar-refractivity contribution in [2.75, 3.05) is 12.4 Å². The average Bonchev–Trinajstić information content (AvgIpc) is 3.41. The molecule has 1 atom stereocenters. The maximum absolute atomic E-state index is 10.5. The molecule has 5 aromatic rings. The van der Waals surface area contributed by atoms with Gasteiger partial charge in [0.15, 0.2) is 5.16 Å². The van der Waals surface area contributed by atoms with Gasteiger partial charge < -0.3 is 9.84 Å². The minimum Gasteiger partial charge on any atom is -0.491 e. The summed E-state index contributed by atoms with van der Waals surface area (Å²) in [5.41, 5.74) is 4.29. The van der Waals surface area contributed by atoms with Crippen molar-refractivity contribution >= 4 is 28.6 Å². The van der Waals surface area contributed by atoms with Crippen LogP contribution < -0.4 is 4.74 Å². The van der Waals surface area contributed by atoms with Gasteiger partial charge >= 0.3 is 0 Å². The highest BCUT2D eigenvalue weighted by atomic mass is 32.2. The molecule has 2 heterocycles. The van der Waals surface area contributed by atoms with Crippen LogP contribution in [-0.2, 0) is 5.41 Å². The second kappa shape index (κ2) is 8.92. The molecule has 0 bridgehead atoms. The number of nitrogens with one attached hydrogen (secondary N) is 1. The summed E-state index contributed by atoms with van der Waals surface area (Å²) in [4.78, 5) is 4.53. The van der Waals surface area contributed by atoms with Crippen molar-refractivity contribution in [1.82, 2.24) is 19.6 Å². The van der Waals surface area contributed by atoms with Crippen molar-refractivity contribution in [3.63, 3.8) is 0 Å². The quantitative estimate of drug-likeness (QED) is 0.318. The van der Waals surface area contributed by atoms with Crippen LogP contribution in [0.2, 0.25) is 0 Å². The molecule has 2 aromatic heterocycles. The number of nitrogens with zero attached hydrogens (tertiary/aromatic N) is 3. The maximum Gasteiger partial charge on any atom is 0.231 e. The van der Waals surface area contributed by atoms with Gasteiger partial charge in [-0.05, 0) is 35.4 Å². The zero-order valence-electron chi connectivity index (χ0n) is 18.6. The normalized spacial score (nSPS) is 12.9. The van der Waals surface area contributed by atoms with Crippen molar-refractivity contribution in [3.8, 4) is 5.75 Å². The largest absolute Gasteiger partial charge is 0.491 e. The first-order valence-electron chi connectivity index (χ1n) is 10.9. The van der Waals surface area contributed by atoms with Crippen molar-refractivity contribution < 1.29 is 9.84 Å². The van der Waals surface area contributed by atoms with Crippen LogP contribution in [0, 0.1) is 0 Å². The Bertz CT molecular complexity index is 1360.